The zero-order chi connectivity index (χ0) is 17.4. The molecule has 1 atom stereocenters. The van der Waals surface area contributed by atoms with Crippen molar-refractivity contribution in [1.29, 1.82) is 5.41 Å². The zero-order valence-electron chi connectivity index (χ0n) is 13.8. The minimum absolute atomic E-state index is 0.0587. The third kappa shape index (κ3) is 2.29. The van der Waals surface area contributed by atoms with E-state index in [2.05, 4.69) is 10.3 Å². The van der Waals surface area contributed by atoms with E-state index in [4.69, 9.17) is 5.41 Å². The molecule has 0 bridgehead atoms. The molecular formula is C17H19N5O2. The standard InChI is InChI=1S/C17H19N5O2/c1-4-10(2)22-14(18)11(16(23)19-3)9-12-15(22)20-13-7-5-6-8-21(13)17(12)24/h5-10,18H,4H2,1-3H3,(H,19,23)/t10-/m1/s1. The Morgan fingerprint density at radius 3 is 2.83 bits per heavy atom. The summed E-state index contributed by atoms with van der Waals surface area (Å²) in [4.78, 5) is 29.6. The molecule has 0 unspecified atom stereocenters. The number of carbonyl (C=O) groups excluding carboxylic acids is 1. The van der Waals surface area contributed by atoms with Crippen LogP contribution in [0.4, 0.5) is 0 Å². The molecule has 0 radical (unpaired) electrons. The number of carbonyl (C=O) groups is 1. The summed E-state index contributed by atoms with van der Waals surface area (Å²) < 4.78 is 3.11. The summed E-state index contributed by atoms with van der Waals surface area (Å²) >= 11 is 0. The summed E-state index contributed by atoms with van der Waals surface area (Å²) in [6.07, 6.45) is 2.39. The molecule has 1 amide bonds. The van der Waals surface area contributed by atoms with Gasteiger partial charge in [0.25, 0.3) is 11.5 Å². The predicted octanol–water partition coefficient (Wildman–Crippen LogP) is 1.46. The Hall–Kier alpha value is -2.96. The van der Waals surface area contributed by atoms with Crippen molar-refractivity contribution in [3.63, 3.8) is 0 Å². The van der Waals surface area contributed by atoms with Crippen LogP contribution in [0.2, 0.25) is 0 Å². The molecule has 3 rings (SSSR count). The monoisotopic (exact) mass is 325 g/mol. The maximum Gasteiger partial charge on any atom is 0.267 e. The first-order chi connectivity index (χ1) is 11.5. The van der Waals surface area contributed by atoms with Gasteiger partial charge in [0, 0.05) is 19.3 Å². The van der Waals surface area contributed by atoms with Gasteiger partial charge in [-0.15, -0.1) is 0 Å². The number of rotatable bonds is 3. The smallest absolute Gasteiger partial charge is 0.267 e. The van der Waals surface area contributed by atoms with E-state index in [-0.39, 0.29) is 22.7 Å². The lowest BCUT2D eigenvalue weighted by molar-refractivity contribution is 0.0960. The lowest BCUT2D eigenvalue weighted by atomic mass is 10.1. The number of nitrogens with zero attached hydrogens (tertiary/aromatic N) is 3. The Morgan fingerprint density at radius 2 is 2.17 bits per heavy atom. The highest BCUT2D eigenvalue weighted by molar-refractivity contribution is 5.96. The number of aromatic nitrogens is 3. The van der Waals surface area contributed by atoms with Crippen LogP contribution in [0.15, 0.2) is 35.3 Å². The summed E-state index contributed by atoms with van der Waals surface area (Å²) in [7, 11) is 1.51. The molecule has 24 heavy (non-hydrogen) atoms. The molecule has 3 aromatic rings. The van der Waals surface area contributed by atoms with Crippen molar-refractivity contribution in [1.82, 2.24) is 19.3 Å². The van der Waals surface area contributed by atoms with Gasteiger partial charge in [0.2, 0.25) is 0 Å². The highest BCUT2D eigenvalue weighted by Crippen LogP contribution is 2.16. The van der Waals surface area contributed by atoms with Crippen molar-refractivity contribution in [2.75, 3.05) is 7.05 Å². The van der Waals surface area contributed by atoms with Crippen LogP contribution in [0.1, 0.15) is 36.7 Å². The number of hydrogen-bond acceptors (Lipinski definition) is 4. The van der Waals surface area contributed by atoms with Crippen LogP contribution in [0.3, 0.4) is 0 Å². The zero-order valence-corrected chi connectivity index (χ0v) is 13.8. The topological polar surface area (TPSA) is 92.2 Å². The maximum absolute atomic E-state index is 12.8. The number of pyridine rings is 2. The van der Waals surface area contributed by atoms with E-state index >= 15 is 0 Å². The van der Waals surface area contributed by atoms with Gasteiger partial charge in [0.05, 0.1) is 10.9 Å². The fourth-order valence-corrected chi connectivity index (χ4v) is 2.77. The molecule has 0 aliphatic heterocycles. The Bertz CT molecular complexity index is 1060. The van der Waals surface area contributed by atoms with Gasteiger partial charge in [-0.2, -0.15) is 0 Å². The van der Waals surface area contributed by atoms with E-state index < -0.39 is 5.91 Å². The minimum atomic E-state index is -0.392. The quantitative estimate of drug-likeness (QED) is 0.714. The van der Waals surface area contributed by atoms with E-state index in [9.17, 15) is 9.59 Å². The average molecular weight is 325 g/mol. The molecule has 0 fully saturated rings. The molecule has 0 saturated carbocycles. The first-order valence-corrected chi connectivity index (χ1v) is 7.83. The normalized spacial score (nSPS) is 12.5. The maximum atomic E-state index is 12.8. The minimum Gasteiger partial charge on any atom is -0.355 e. The molecule has 0 aliphatic rings. The lowest BCUT2D eigenvalue weighted by Gasteiger charge is -2.19. The number of hydrogen-bond donors (Lipinski definition) is 2. The van der Waals surface area contributed by atoms with Gasteiger partial charge < -0.3 is 9.88 Å². The lowest BCUT2D eigenvalue weighted by Crippen LogP contribution is -2.34. The first-order valence-electron chi connectivity index (χ1n) is 7.83. The van der Waals surface area contributed by atoms with Crippen LogP contribution in [-0.2, 0) is 0 Å². The van der Waals surface area contributed by atoms with E-state index in [1.807, 2.05) is 19.9 Å². The van der Waals surface area contributed by atoms with E-state index in [1.165, 1.54) is 17.5 Å². The van der Waals surface area contributed by atoms with E-state index in [0.29, 0.717) is 16.7 Å². The summed E-state index contributed by atoms with van der Waals surface area (Å²) in [6.45, 7) is 3.93. The van der Waals surface area contributed by atoms with Gasteiger partial charge >= 0.3 is 0 Å². The summed E-state index contributed by atoms with van der Waals surface area (Å²) in [5.74, 6) is -0.392. The van der Waals surface area contributed by atoms with Crippen LogP contribution < -0.4 is 16.4 Å². The predicted molar refractivity (Wildman–Crippen MR) is 91.2 cm³/mol. The molecule has 2 N–H and O–H groups in total. The van der Waals surface area contributed by atoms with Gasteiger partial charge in [-0.05, 0) is 31.5 Å². The van der Waals surface area contributed by atoms with Crippen LogP contribution in [0, 0.1) is 5.41 Å². The van der Waals surface area contributed by atoms with Crippen molar-refractivity contribution in [3.8, 4) is 0 Å². The van der Waals surface area contributed by atoms with Crippen LogP contribution >= 0.6 is 0 Å². The number of nitrogens with one attached hydrogen (secondary N) is 2. The Morgan fingerprint density at radius 1 is 1.42 bits per heavy atom. The fraction of sp³-hybridized carbons (Fsp3) is 0.294. The second kappa shape index (κ2) is 5.92. The van der Waals surface area contributed by atoms with Gasteiger partial charge in [0.15, 0.2) is 0 Å². The molecule has 7 heteroatoms. The number of amides is 1. The average Bonchev–Trinajstić information content (AvgIpc) is 2.60. The van der Waals surface area contributed by atoms with Crippen LogP contribution in [0.25, 0.3) is 16.7 Å². The van der Waals surface area contributed by atoms with Crippen molar-refractivity contribution < 1.29 is 4.79 Å². The summed E-state index contributed by atoms with van der Waals surface area (Å²) in [5, 5.41) is 11.3. The molecule has 124 valence electrons. The Labute approximate surface area is 138 Å². The third-order valence-corrected chi connectivity index (χ3v) is 4.27. The Kier molecular flexibility index (Phi) is 3.92. The molecule has 7 nitrogen and oxygen atoms in total. The molecular weight excluding hydrogens is 306 g/mol. The fourth-order valence-electron chi connectivity index (χ4n) is 2.77. The van der Waals surface area contributed by atoms with Gasteiger partial charge in [0.1, 0.15) is 16.8 Å². The van der Waals surface area contributed by atoms with Crippen molar-refractivity contribution >= 4 is 22.6 Å². The van der Waals surface area contributed by atoms with E-state index in [0.717, 1.165) is 6.42 Å². The summed E-state index contributed by atoms with van der Waals surface area (Å²) in [6, 6.07) is 6.70. The Balaban J connectivity index is 2.57. The van der Waals surface area contributed by atoms with Crippen LogP contribution in [-0.4, -0.2) is 26.9 Å². The molecule has 0 aliphatic carbocycles. The highest BCUT2D eigenvalue weighted by Gasteiger charge is 2.18. The van der Waals surface area contributed by atoms with Crippen molar-refractivity contribution in [3.05, 3.63) is 51.9 Å². The number of fused-ring (bicyclic) bond motifs is 2. The third-order valence-electron chi connectivity index (χ3n) is 4.27. The van der Waals surface area contributed by atoms with Crippen molar-refractivity contribution in [2.24, 2.45) is 0 Å². The van der Waals surface area contributed by atoms with Gasteiger partial charge in [-0.1, -0.05) is 13.0 Å². The molecule has 0 aromatic carbocycles. The second-order valence-electron chi connectivity index (χ2n) is 5.70. The summed E-state index contributed by atoms with van der Waals surface area (Å²) in [5.41, 5.74) is 0.915. The van der Waals surface area contributed by atoms with E-state index in [1.54, 1.807) is 22.9 Å². The van der Waals surface area contributed by atoms with Crippen LogP contribution in [0.5, 0.6) is 0 Å². The SMILES string of the molecule is CC[C@@H](C)n1c(=N)c(C(=O)NC)cc2c(=O)n3ccccc3nc21. The molecule has 3 heterocycles. The second-order valence-corrected chi connectivity index (χ2v) is 5.70. The first kappa shape index (κ1) is 15.9. The van der Waals surface area contributed by atoms with Gasteiger partial charge in [-0.3, -0.25) is 19.4 Å². The van der Waals surface area contributed by atoms with Gasteiger partial charge in [-0.25, -0.2) is 4.98 Å². The molecule has 0 spiro atoms. The molecule has 3 aromatic heterocycles. The van der Waals surface area contributed by atoms with Crippen molar-refractivity contribution in [2.45, 2.75) is 26.3 Å². The highest BCUT2D eigenvalue weighted by atomic mass is 16.1. The molecule has 0 saturated heterocycles. The largest absolute Gasteiger partial charge is 0.355 e.